The molecular formula is C37H31FN4O5. The number of anilines is 2. The predicted octanol–water partition coefficient (Wildman–Crippen LogP) is 6.65. The molecule has 3 aromatic carbocycles. The third kappa shape index (κ3) is 4.91. The predicted molar refractivity (Wildman–Crippen MR) is 173 cm³/mol. The van der Waals surface area contributed by atoms with Crippen molar-refractivity contribution in [1.29, 1.82) is 0 Å². The zero-order valence-corrected chi connectivity index (χ0v) is 26.0. The van der Waals surface area contributed by atoms with Crippen molar-refractivity contribution < 1.29 is 28.7 Å². The van der Waals surface area contributed by atoms with Crippen LogP contribution in [-0.2, 0) is 19.2 Å². The fourth-order valence-electron chi connectivity index (χ4n) is 7.34. The minimum absolute atomic E-state index is 0.0883. The van der Waals surface area contributed by atoms with Gasteiger partial charge in [0.15, 0.2) is 23.1 Å². The van der Waals surface area contributed by atoms with Crippen LogP contribution in [0.4, 0.5) is 27.1 Å². The van der Waals surface area contributed by atoms with Crippen LogP contribution in [0.1, 0.15) is 31.2 Å². The summed E-state index contributed by atoms with van der Waals surface area (Å²) in [5, 5.41) is 19.4. The highest BCUT2D eigenvalue weighted by molar-refractivity contribution is 6.25. The third-order valence-corrected chi connectivity index (χ3v) is 9.65. The molecule has 7 rings (SSSR count). The summed E-state index contributed by atoms with van der Waals surface area (Å²) in [5.41, 5.74) is 4.12. The number of benzene rings is 3. The van der Waals surface area contributed by atoms with Crippen molar-refractivity contribution >= 4 is 46.1 Å². The number of halogens is 1. The Hall–Kier alpha value is -5.51. The molecule has 0 bridgehead atoms. The number of aromatic hydroxyl groups is 1. The van der Waals surface area contributed by atoms with Gasteiger partial charge in [0.2, 0.25) is 11.8 Å². The lowest BCUT2D eigenvalue weighted by Gasteiger charge is -2.42. The minimum atomic E-state index is -0.929. The van der Waals surface area contributed by atoms with Crippen LogP contribution in [0.2, 0.25) is 0 Å². The molecule has 1 saturated heterocycles. The quantitative estimate of drug-likeness (QED) is 0.146. The fraction of sp³-hybridized carbons (Fsp3) is 0.243. The number of ketones is 2. The van der Waals surface area contributed by atoms with Gasteiger partial charge in [0.25, 0.3) is 0 Å². The van der Waals surface area contributed by atoms with Gasteiger partial charge in [-0.05, 0) is 86.4 Å². The normalized spacial score (nSPS) is 23.9. The van der Waals surface area contributed by atoms with Gasteiger partial charge < -0.3 is 10.0 Å². The van der Waals surface area contributed by atoms with E-state index in [2.05, 4.69) is 10.2 Å². The minimum Gasteiger partial charge on any atom is -0.505 e. The zero-order chi connectivity index (χ0) is 33.1. The van der Waals surface area contributed by atoms with Crippen LogP contribution in [0.15, 0.2) is 111 Å². The van der Waals surface area contributed by atoms with Gasteiger partial charge >= 0.3 is 0 Å². The summed E-state index contributed by atoms with van der Waals surface area (Å²) in [6.45, 7) is 1.55. The molecule has 236 valence electrons. The summed E-state index contributed by atoms with van der Waals surface area (Å²) < 4.78 is 14.6. The number of rotatable bonds is 5. The second-order valence-corrected chi connectivity index (χ2v) is 12.5. The third-order valence-electron chi connectivity index (χ3n) is 9.65. The summed E-state index contributed by atoms with van der Waals surface area (Å²) in [6.07, 6.45) is 3.43. The Bertz CT molecular complexity index is 1990. The molecule has 0 aromatic heterocycles. The zero-order valence-electron chi connectivity index (χ0n) is 26.0. The molecule has 3 aliphatic carbocycles. The largest absolute Gasteiger partial charge is 0.505 e. The second-order valence-electron chi connectivity index (χ2n) is 12.5. The number of hydrogen-bond donors (Lipinski definition) is 1. The van der Waals surface area contributed by atoms with Crippen molar-refractivity contribution in [1.82, 2.24) is 0 Å². The number of phenolic OH excluding ortho intramolecular Hbond substituents is 1. The molecule has 0 saturated carbocycles. The lowest BCUT2D eigenvalue weighted by atomic mass is 9.59. The molecule has 10 heteroatoms. The number of imide groups is 1. The Morgan fingerprint density at radius 2 is 1.53 bits per heavy atom. The first-order valence-corrected chi connectivity index (χ1v) is 15.4. The summed E-state index contributed by atoms with van der Waals surface area (Å²) >= 11 is 0. The molecule has 1 N–H and O–H groups in total. The molecule has 1 heterocycles. The summed E-state index contributed by atoms with van der Waals surface area (Å²) in [6, 6.07) is 18.3. The van der Waals surface area contributed by atoms with E-state index in [1.54, 1.807) is 31.2 Å². The molecule has 9 nitrogen and oxygen atoms in total. The number of Topliss-reactive ketones (excluding diaryl/α,β-unsaturated/α-hetero) is 1. The first kappa shape index (κ1) is 30.2. The molecule has 1 aliphatic heterocycles. The van der Waals surface area contributed by atoms with Gasteiger partial charge in [0.1, 0.15) is 0 Å². The van der Waals surface area contributed by atoms with Crippen molar-refractivity contribution in [3.05, 3.63) is 113 Å². The summed E-state index contributed by atoms with van der Waals surface area (Å²) in [4.78, 5) is 57.9. The maximum Gasteiger partial charge on any atom is 0.238 e. The fourth-order valence-corrected chi connectivity index (χ4v) is 7.34. The maximum absolute atomic E-state index is 14.6. The van der Waals surface area contributed by atoms with Crippen molar-refractivity contribution in [2.24, 2.45) is 28.0 Å². The number of amides is 2. The molecule has 0 radical (unpaired) electrons. The lowest BCUT2D eigenvalue weighted by molar-refractivity contribution is -0.123. The van der Waals surface area contributed by atoms with Gasteiger partial charge in [0, 0.05) is 48.0 Å². The molecular weight excluding hydrogens is 599 g/mol. The standard InChI is InChI=1S/C37H31FN4O5/c1-19-17-30(43)28-18-27-24(31(33(28)34(19)44)25-5-4-6-29(38)35(25)45)15-16-26-32(27)37(47)42(36(26)46)23-13-9-21(10-14-23)40-39-20-7-11-22(12-8-20)41(2)3/h4-15,17,26-27,31-32,45H,16,18H2,1-3H3/t26-,27+,31+,32-/m0/s1. The van der Waals surface area contributed by atoms with Crippen LogP contribution in [0.3, 0.4) is 0 Å². The highest BCUT2D eigenvalue weighted by Crippen LogP contribution is 2.56. The van der Waals surface area contributed by atoms with Crippen molar-refractivity contribution in [2.75, 3.05) is 23.9 Å². The van der Waals surface area contributed by atoms with Crippen LogP contribution in [0, 0.1) is 23.6 Å². The van der Waals surface area contributed by atoms with Gasteiger partial charge in [0.05, 0.1) is 28.9 Å². The number of hydrogen-bond acceptors (Lipinski definition) is 8. The highest BCUT2D eigenvalue weighted by atomic mass is 19.1. The molecule has 4 atom stereocenters. The molecule has 0 unspecified atom stereocenters. The number of azo groups is 1. The van der Waals surface area contributed by atoms with Crippen LogP contribution < -0.4 is 9.80 Å². The number of carbonyl (C=O) groups excluding carboxylic acids is 4. The Kier molecular flexibility index (Phi) is 7.30. The van der Waals surface area contributed by atoms with Crippen LogP contribution in [0.25, 0.3) is 0 Å². The number of allylic oxidation sites excluding steroid dienone is 6. The maximum atomic E-state index is 14.6. The monoisotopic (exact) mass is 630 g/mol. The van der Waals surface area contributed by atoms with E-state index in [0.717, 1.165) is 11.8 Å². The van der Waals surface area contributed by atoms with Gasteiger partial charge in [-0.2, -0.15) is 10.2 Å². The summed E-state index contributed by atoms with van der Waals surface area (Å²) in [7, 11) is 3.91. The Morgan fingerprint density at radius 1 is 0.872 bits per heavy atom. The number of fused-ring (bicyclic) bond motifs is 3. The van der Waals surface area contributed by atoms with Crippen LogP contribution in [0.5, 0.6) is 5.75 Å². The molecule has 4 aliphatic rings. The van der Waals surface area contributed by atoms with Crippen molar-refractivity contribution in [2.45, 2.75) is 25.7 Å². The second kappa shape index (κ2) is 11.4. The smallest absolute Gasteiger partial charge is 0.238 e. The van der Waals surface area contributed by atoms with Crippen molar-refractivity contribution in [3.8, 4) is 5.75 Å². The first-order valence-electron chi connectivity index (χ1n) is 15.4. The van der Waals surface area contributed by atoms with Gasteiger partial charge in [-0.3, -0.25) is 24.1 Å². The topological polar surface area (TPSA) is 120 Å². The lowest BCUT2D eigenvalue weighted by Crippen LogP contribution is -2.39. The number of phenols is 1. The van der Waals surface area contributed by atoms with E-state index < -0.39 is 41.1 Å². The average molecular weight is 631 g/mol. The molecule has 47 heavy (non-hydrogen) atoms. The van der Waals surface area contributed by atoms with E-state index >= 15 is 0 Å². The van der Waals surface area contributed by atoms with E-state index in [0.29, 0.717) is 22.6 Å². The molecule has 3 aromatic rings. The molecule has 2 amide bonds. The van der Waals surface area contributed by atoms with E-state index in [4.69, 9.17) is 0 Å². The van der Waals surface area contributed by atoms with E-state index in [-0.39, 0.29) is 52.6 Å². The van der Waals surface area contributed by atoms with Crippen molar-refractivity contribution in [3.63, 3.8) is 0 Å². The number of carbonyl (C=O) groups is 4. The summed E-state index contributed by atoms with van der Waals surface area (Å²) in [5.74, 6) is -5.93. The molecule has 1 fully saturated rings. The van der Waals surface area contributed by atoms with E-state index in [1.165, 1.54) is 23.1 Å². The van der Waals surface area contributed by atoms with Crippen LogP contribution in [-0.4, -0.2) is 42.6 Å². The van der Waals surface area contributed by atoms with Gasteiger partial charge in [-0.1, -0.05) is 23.8 Å². The van der Waals surface area contributed by atoms with Gasteiger partial charge in [-0.15, -0.1) is 0 Å². The van der Waals surface area contributed by atoms with Crippen LogP contribution >= 0.6 is 0 Å². The SMILES string of the molecule is CC1=CC(=O)C2=C(C1=O)[C@@H](c1cccc(F)c1O)C1=CC[C@@H]3C(=O)N(c4ccc(N=Nc5ccc(N(C)C)cc5)cc4)C(=O)[C@@H]3[C@@H]1C2. The van der Waals surface area contributed by atoms with E-state index in [9.17, 15) is 28.7 Å². The number of nitrogens with zero attached hydrogens (tertiary/aromatic N) is 4. The highest BCUT2D eigenvalue weighted by Gasteiger charge is 2.56. The van der Waals surface area contributed by atoms with E-state index in [1.807, 2.05) is 49.3 Å². The Morgan fingerprint density at radius 3 is 2.19 bits per heavy atom. The number of para-hydroxylation sites is 1. The van der Waals surface area contributed by atoms with Gasteiger partial charge in [-0.25, -0.2) is 4.39 Å². The Balaban J connectivity index is 1.20. The average Bonchev–Trinajstić information content (AvgIpc) is 3.32. The molecule has 0 spiro atoms. The Labute approximate surface area is 270 Å². The first-order chi connectivity index (χ1) is 22.5.